The number of anilines is 1. The predicted octanol–water partition coefficient (Wildman–Crippen LogP) is 3.18. The second-order valence-corrected chi connectivity index (χ2v) is 6.61. The zero-order valence-electron chi connectivity index (χ0n) is 15.0. The summed E-state index contributed by atoms with van der Waals surface area (Å²) < 4.78 is 5.59. The number of carbonyl (C=O) groups excluding carboxylic acids is 2. The molecule has 2 aromatic carbocycles. The molecule has 136 valence electrons. The molecule has 5 nitrogen and oxygen atoms in total. The molecule has 0 atom stereocenters. The number of nitrogens with zero attached hydrogens (tertiary/aromatic N) is 1. The highest BCUT2D eigenvalue weighted by Crippen LogP contribution is 2.18. The first-order valence-corrected chi connectivity index (χ1v) is 8.96. The molecule has 3 rings (SSSR count). The number of ether oxygens (including phenoxy) is 1. The number of nitrogens with one attached hydrogen (secondary N) is 1. The number of amides is 2. The van der Waals surface area contributed by atoms with Gasteiger partial charge in [-0.3, -0.25) is 9.59 Å². The molecule has 0 aliphatic carbocycles. The molecule has 0 radical (unpaired) electrons. The van der Waals surface area contributed by atoms with Crippen LogP contribution in [-0.2, 0) is 16.0 Å². The van der Waals surface area contributed by atoms with Gasteiger partial charge in [0.25, 0.3) is 5.91 Å². The van der Waals surface area contributed by atoms with Gasteiger partial charge >= 0.3 is 0 Å². The van der Waals surface area contributed by atoms with Crippen molar-refractivity contribution in [2.45, 2.75) is 26.2 Å². The molecule has 26 heavy (non-hydrogen) atoms. The van der Waals surface area contributed by atoms with Gasteiger partial charge in [0, 0.05) is 24.8 Å². The maximum Gasteiger partial charge on any atom is 0.260 e. The molecule has 5 heteroatoms. The number of hydrogen-bond donors (Lipinski definition) is 1. The molecule has 0 spiro atoms. The van der Waals surface area contributed by atoms with Crippen LogP contribution in [0.15, 0.2) is 48.5 Å². The van der Waals surface area contributed by atoms with E-state index in [1.54, 1.807) is 18.2 Å². The van der Waals surface area contributed by atoms with Crippen molar-refractivity contribution in [1.29, 1.82) is 0 Å². The highest BCUT2D eigenvalue weighted by molar-refractivity contribution is 5.92. The quantitative estimate of drug-likeness (QED) is 0.869. The third-order valence-corrected chi connectivity index (χ3v) is 4.42. The lowest BCUT2D eigenvalue weighted by Crippen LogP contribution is -2.32. The van der Waals surface area contributed by atoms with E-state index in [1.807, 2.05) is 42.2 Å². The molecule has 0 aromatic heterocycles. The number of carbonyl (C=O) groups is 2. The molecule has 2 amide bonds. The lowest BCUT2D eigenvalue weighted by atomic mass is 10.1. The van der Waals surface area contributed by atoms with E-state index in [-0.39, 0.29) is 18.4 Å². The van der Waals surface area contributed by atoms with Crippen LogP contribution in [0.1, 0.15) is 24.0 Å². The summed E-state index contributed by atoms with van der Waals surface area (Å²) in [5, 5.41) is 2.87. The van der Waals surface area contributed by atoms with Gasteiger partial charge in [0.1, 0.15) is 5.75 Å². The Kier molecular flexibility index (Phi) is 5.89. The van der Waals surface area contributed by atoms with Gasteiger partial charge in [0.2, 0.25) is 5.91 Å². The Bertz CT molecular complexity index is 765. The summed E-state index contributed by atoms with van der Waals surface area (Å²) in [5.74, 6) is 0.501. The molecule has 0 unspecified atom stereocenters. The topological polar surface area (TPSA) is 58.6 Å². The molecule has 0 saturated carbocycles. The molecule has 1 heterocycles. The Morgan fingerprint density at radius 2 is 1.81 bits per heavy atom. The van der Waals surface area contributed by atoms with E-state index in [4.69, 9.17) is 4.74 Å². The first kappa shape index (κ1) is 18.0. The van der Waals surface area contributed by atoms with E-state index in [1.165, 1.54) is 5.56 Å². The highest BCUT2D eigenvalue weighted by atomic mass is 16.5. The van der Waals surface area contributed by atoms with Crippen molar-refractivity contribution in [3.63, 3.8) is 0 Å². The standard InChI is InChI=1S/C21H24N2O3/c1-16-7-9-17(10-8-16)13-20(24)22-18-5-4-6-19(14-18)26-15-21(25)23-11-2-3-12-23/h4-10,14H,2-3,11-13,15H2,1H3,(H,22,24). The van der Waals surface area contributed by atoms with Gasteiger partial charge in [-0.1, -0.05) is 35.9 Å². The summed E-state index contributed by atoms with van der Waals surface area (Å²) in [5.41, 5.74) is 2.80. The van der Waals surface area contributed by atoms with E-state index in [9.17, 15) is 9.59 Å². The maximum atomic E-state index is 12.2. The van der Waals surface area contributed by atoms with Crippen LogP contribution in [0.2, 0.25) is 0 Å². The number of benzene rings is 2. The van der Waals surface area contributed by atoms with Gasteiger partial charge < -0.3 is 15.0 Å². The van der Waals surface area contributed by atoms with E-state index < -0.39 is 0 Å². The maximum absolute atomic E-state index is 12.2. The van der Waals surface area contributed by atoms with Crippen LogP contribution in [-0.4, -0.2) is 36.4 Å². The second kappa shape index (κ2) is 8.52. The molecular formula is C21H24N2O3. The molecule has 2 aromatic rings. The zero-order valence-corrected chi connectivity index (χ0v) is 15.0. The summed E-state index contributed by atoms with van der Waals surface area (Å²) in [4.78, 5) is 26.1. The van der Waals surface area contributed by atoms with Crippen molar-refractivity contribution >= 4 is 17.5 Å². The fourth-order valence-electron chi connectivity index (χ4n) is 2.96. The minimum Gasteiger partial charge on any atom is -0.484 e. The average molecular weight is 352 g/mol. The van der Waals surface area contributed by atoms with Crippen molar-refractivity contribution < 1.29 is 14.3 Å². The Morgan fingerprint density at radius 3 is 2.54 bits per heavy atom. The van der Waals surface area contributed by atoms with Crippen LogP contribution < -0.4 is 10.1 Å². The highest BCUT2D eigenvalue weighted by Gasteiger charge is 2.18. The van der Waals surface area contributed by atoms with Crippen molar-refractivity contribution in [1.82, 2.24) is 4.90 Å². The van der Waals surface area contributed by atoms with Crippen LogP contribution in [0, 0.1) is 6.92 Å². The molecule has 0 bridgehead atoms. The van der Waals surface area contributed by atoms with Crippen LogP contribution in [0.25, 0.3) is 0 Å². The third-order valence-electron chi connectivity index (χ3n) is 4.42. The summed E-state index contributed by atoms with van der Waals surface area (Å²) in [7, 11) is 0. The molecular weight excluding hydrogens is 328 g/mol. The molecule has 1 aliphatic rings. The van der Waals surface area contributed by atoms with E-state index in [0.717, 1.165) is 31.5 Å². The smallest absolute Gasteiger partial charge is 0.260 e. The summed E-state index contributed by atoms with van der Waals surface area (Å²) >= 11 is 0. The minimum atomic E-state index is -0.0841. The largest absolute Gasteiger partial charge is 0.484 e. The fourth-order valence-corrected chi connectivity index (χ4v) is 2.96. The van der Waals surface area contributed by atoms with Gasteiger partial charge in [-0.05, 0) is 37.5 Å². The van der Waals surface area contributed by atoms with Gasteiger partial charge in [-0.25, -0.2) is 0 Å². The van der Waals surface area contributed by atoms with Crippen LogP contribution in [0.3, 0.4) is 0 Å². The van der Waals surface area contributed by atoms with Crippen molar-refractivity contribution in [3.8, 4) is 5.75 Å². The first-order chi connectivity index (χ1) is 12.6. The van der Waals surface area contributed by atoms with Gasteiger partial charge in [0.05, 0.1) is 6.42 Å². The SMILES string of the molecule is Cc1ccc(CC(=O)Nc2cccc(OCC(=O)N3CCCC3)c2)cc1. The Hall–Kier alpha value is -2.82. The van der Waals surface area contributed by atoms with Gasteiger partial charge in [-0.2, -0.15) is 0 Å². The first-order valence-electron chi connectivity index (χ1n) is 8.96. The van der Waals surface area contributed by atoms with E-state index in [0.29, 0.717) is 17.9 Å². The number of hydrogen-bond acceptors (Lipinski definition) is 3. The number of likely N-dealkylation sites (tertiary alicyclic amines) is 1. The molecule has 1 saturated heterocycles. The van der Waals surface area contributed by atoms with Crippen LogP contribution >= 0.6 is 0 Å². The summed E-state index contributed by atoms with van der Waals surface area (Å²) in [6.45, 7) is 3.68. The minimum absolute atomic E-state index is 0.0105. The molecule has 1 N–H and O–H groups in total. The number of aryl methyl sites for hydroxylation is 1. The number of rotatable bonds is 6. The molecule has 1 aliphatic heterocycles. The normalized spacial score (nSPS) is 13.5. The van der Waals surface area contributed by atoms with E-state index in [2.05, 4.69) is 5.32 Å². The monoisotopic (exact) mass is 352 g/mol. The van der Waals surface area contributed by atoms with Crippen LogP contribution in [0.4, 0.5) is 5.69 Å². The molecule has 1 fully saturated rings. The Labute approximate surface area is 154 Å². The lowest BCUT2D eigenvalue weighted by molar-refractivity contribution is -0.132. The van der Waals surface area contributed by atoms with Gasteiger partial charge in [0.15, 0.2) is 6.61 Å². The zero-order chi connectivity index (χ0) is 18.4. The van der Waals surface area contributed by atoms with Gasteiger partial charge in [-0.15, -0.1) is 0 Å². The summed E-state index contributed by atoms with van der Waals surface area (Å²) in [6, 6.07) is 15.0. The van der Waals surface area contributed by atoms with Crippen molar-refractivity contribution in [2.24, 2.45) is 0 Å². The van der Waals surface area contributed by atoms with Crippen molar-refractivity contribution in [2.75, 3.05) is 25.0 Å². The summed E-state index contributed by atoms with van der Waals surface area (Å²) in [6.07, 6.45) is 2.45. The van der Waals surface area contributed by atoms with Crippen LogP contribution in [0.5, 0.6) is 5.75 Å². The lowest BCUT2D eigenvalue weighted by Gasteiger charge is -2.15. The Morgan fingerprint density at radius 1 is 1.08 bits per heavy atom. The third kappa shape index (κ3) is 5.09. The average Bonchev–Trinajstić information content (AvgIpc) is 3.17. The Balaban J connectivity index is 1.52. The second-order valence-electron chi connectivity index (χ2n) is 6.61. The predicted molar refractivity (Wildman–Crippen MR) is 101 cm³/mol. The fraction of sp³-hybridized carbons (Fsp3) is 0.333. The van der Waals surface area contributed by atoms with Crippen molar-refractivity contribution in [3.05, 3.63) is 59.7 Å². The van der Waals surface area contributed by atoms with E-state index >= 15 is 0 Å².